The Kier molecular flexibility index (Phi) is 4.45. The Hall–Kier alpha value is -0.690. The number of aryl methyl sites for hydroxylation is 2. The van der Waals surface area contributed by atoms with Gasteiger partial charge in [0.15, 0.2) is 0 Å². The van der Waals surface area contributed by atoms with E-state index in [0.717, 1.165) is 16.7 Å². The average Bonchev–Trinajstić information content (AvgIpc) is 2.33. The molecule has 0 fully saturated rings. The monoisotopic (exact) mass is 312 g/mol. The van der Waals surface area contributed by atoms with Crippen molar-refractivity contribution < 1.29 is 0 Å². The predicted molar refractivity (Wildman–Crippen MR) is 84.5 cm³/mol. The summed E-state index contributed by atoms with van der Waals surface area (Å²) >= 11 is 18.6. The molecule has 0 aliphatic carbocycles. The van der Waals surface area contributed by atoms with Crippen molar-refractivity contribution in [1.82, 2.24) is 0 Å². The third-order valence-corrected chi connectivity index (χ3v) is 3.89. The van der Waals surface area contributed by atoms with Gasteiger partial charge in [0.2, 0.25) is 3.79 Å². The number of halogens is 3. The molecule has 0 heterocycles. The van der Waals surface area contributed by atoms with E-state index in [1.807, 2.05) is 62.4 Å². The molecular formula is C16H15Cl3. The van der Waals surface area contributed by atoms with E-state index in [9.17, 15) is 0 Å². The Labute approximate surface area is 129 Å². The standard InChI is InChI=1S/C16H15Cl3/c1-11-7-9-13(10-8-11)15(16(17,18)19)14-6-4-3-5-12(14)2/h3-10,15H,1-2H3. The second-order valence-electron chi connectivity index (χ2n) is 4.74. The molecule has 2 rings (SSSR count). The molecule has 0 bridgehead atoms. The lowest BCUT2D eigenvalue weighted by Crippen LogP contribution is -2.19. The topological polar surface area (TPSA) is 0 Å². The van der Waals surface area contributed by atoms with Gasteiger partial charge in [-0.25, -0.2) is 0 Å². The van der Waals surface area contributed by atoms with Crippen LogP contribution in [0, 0.1) is 13.8 Å². The van der Waals surface area contributed by atoms with Gasteiger partial charge < -0.3 is 0 Å². The van der Waals surface area contributed by atoms with Gasteiger partial charge in [-0.1, -0.05) is 88.9 Å². The highest BCUT2D eigenvalue weighted by Gasteiger charge is 2.35. The van der Waals surface area contributed by atoms with Crippen molar-refractivity contribution in [1.29, 1.82) is 0 Å². The molecule has 0 aliphatic rings. The maximum absolute atomic E-state index is 6.21. The summed E-state index contributed by atoms with van der Waals surface area (Å²) in [5, 5.41) is 0. The Bertz CT molecular complexity index is 553. The molecule has 0 N–H and O–H groups in total. The van der Waals surface area contributed by atoms with Gasteiger partial charge >= 0.3 is 0 Å². The zero-order valence-corrected chi connectivity index (χ0v) is 13.1. The molecule has 0 aromatic heterocycles. The Morgan fingerprint density at radius 3 is 1.95 bits per heavy atom. The molecule has 3 heteroatoms. The van der Waals surface area contributed by atoms with Crippen LogP contribution in [0.3, 0.4) is 0 Å². The molecule has 1 unspecified atom stereocenters. The molecule has 0 saturated carbocycles. The summed E-state index contributed by atoms with van der Waals surface area (Å²) in [6.07, 6.45) is 0. The van der Waals surface area contributed by atoms with Crippen molar-refractivity contribution in [2.75, 3.05) is 0 Å². The van der Waals surface area contributed by atoms with Crippen LogP contribution in [0.2, 0.25) is 0 Å². The van der Waals surface area contributed by atoms with Crippen LogP contribution in [0.5, 0.6) is 0 Å². The summed E-state index contributed by atoms with van der Waals surface area (Å²) in [4.78, 5) is 0. The van der Waals surface area contributed by atoms with Gasteiger partial charge in [0.05, 0.1) is 5.92 Å². The first kappa shape index (κ1) is 14.7. The number of benzene rings is 2. The van der Waals surface area contributed by atoms with Crippen molar-refractivity contribution in [3.8, 4) is 0 Å². The minimum atomic E-state index is -1.37. The highest BCUT2D eigenvalue weighted by Crippen LogP contribution is 2.46. The summed E-state index contributed by atoms with van der Waals surface area (Å²) in [6.45, 7) is 4.08. The van der Waals surface area contributed by atoms with Crippen molar-refractivity contribution in [2.24, 2.45) is 0 Å². The summed E-state index contributed by atoms with van der Waals surface area (Å²) < 4.78 is -1.37. The van der Waals surface area contributed by atoms with Crippen LogP contribution in [0.15, 0.2) is 48.5 Å². The largest absolute Gasteiger partial charge is 0.201 e. The summed E-state index contributed by atoms with van der Waals surface area (Å²) in [5.74, 6) is -0.265. The second kappa shape index (κ2) is 5.75. The molecule has 0 radical (unpaired) electrons. The fraction of sp³-hybridized carbons (Fsp3) is 0.250. The first-order valence-electron chi connectivity index (χ1n) is 6.08. The molecular weight excluding hydrogens is 299 g/mol. The van der Waals surface area contributed by atoms with Crippen LogP contribution in [0.1, 0.15) is 28.2 Å². The molecule has 0 amide bonds. The van der Waals surface area contributed by atoms with Gasteiger partial charge in [-0.15, -0.1) is 0 Å². The van der Waals surface area contributed by atoms with E-state index in [4.69, 9.17) is 34.8 Å². The Balaban J connectivity index is 2.55. The normalized spacial score (nSPS) is 13.3. The zero-order valence-electron chi connectivity index (χ0n) is 10.8. The van der Waals surface area contributed by atoms with Crippen LogP contribution in [-0.4, -0.2) is 3.79 Å². The quantitative estimate of drug-likeness (QED) is 0.614. The molecule has 100 valence electrons. The molecule has 0 nitrogen and oxygen atoms in total. The fourth-order valence-electron chi connectivity index (χ4n) is 2.21. The molecule has 19 heavy (non-hydrogen) atoms. The summed E-state index contributed by atoms with van der Waals surface area (Å²) in [5.41, 5.74) is 4.38. The minimum absolute atomic E-state index is 0.265. The van der Waals surface area contributed by atoms with E-state index >= 15 is 0 Å². The fourth-order valence-corrected chi connectivity index (χ4v) is 2.95. The molecule has 0 aliphatic heterocycles. The van der Waals surface area contributed by atoms with Crippen LogP contribution < -0.4 is 0 Å². The van der Waals surface area contributed by atoms with Crippen LogP contribution in [-0.2, 0) is 0 Å². The SMILES string of the molecule is Cc1ccc(C(c2ccccc2C)C(Cl)(Cl)Cl)cc1. The first-order chi connectivity index (χ1) is 8.89. The maximum atomic E-state index is 6.21. The number of hydrogen-bond donors (Lipinski definition) is 0. The third kappa shape index (κ3) is 3.45. The van der Waals surface area contributed by atoms with Crippen LogP contribution in [0.4, 0.5) is 0 Å². The van der Waals surface area contributed by atoms with Gasteiger partial charge in [-0.2, -0.15) is 0 Å². The van der Waals surface area contributed by atoms with Gasteiger partial charge in [0, 0.05) is 0 Å². The second-order valence-corrected chi connectivity index (χ2v) is 7.11. The van der Waals surface area contributed by atoms with Gasteiger partial charge in [0.1, 0.15) is 0 Å². The van der Waals surface area contributed by atoms with Gasteiger partial charge in [-0.05, 0) is 30.5 Å². The number of hydrogen-bond acceptors (Lipinski definition) is 0. The molecule has 0 spiro atoms. The van der Waals surface area contributed by atoms with E-state index in [1.165, 1.54) is 5.56 Å². The van der Waals surface area contributed by atoms with Gasteiger partial charge in [-0.3, -0.25) is 0 Å². The van der Waals surface area contributed by atoms with E-state index in [2.05, 4.69) is 0 Å². The summed E-state index contributed by atoms with van der Waals surface area (Å²) in [6, 6.07) is 16.1. The lowest BCUT2D eigenvalue weighted by Gasteiger charge is -2.27. The number of rotatable bonds is 2. The smallest absolute Gasteiger partial charge is 0.0826 e. The Morgan fingerprint density at radius 1 is 0.842 bits per heavy atom. The molecule has 2 aromatic carbocycles. The van der Waals surface area contributed by atoms with Crippen molar-refractivity contribution in [3.05, 3.63) is 70.8 Å². The van der Waals surface area contributed by atoms with E-state index in [-0.39, 0.29) is 5.92 Å². The predicted octanol–water partition coefficient (Wildman–Crippen LogP) is 5.81. The van der Waals surface area contributed by atoms with E-state index in [0.29, 0.717) is 0 Å². The average molecular weight is 314 g/mol. The Morgan fingerprint density at radius 2 is 1.42 bits per heavy atom. The minimum Gasteiger partial charge on any atom is -0.0826 e. The maximum Gasteiger partial charge on any atom is 0.201 e. The van der Waals surface area contributed by atoms with Crippen LogP contribution >= 0.6 is 34.8 Å². The lowest BCUT2D eigenvalue weighted by molar-refractivity contribution is 0.830. The van der Waals surface area contributed by atoms with Gasteiger partial charge in [0.25, 0.3) is 0 Å². The molecule has 1 atom stereocenters. The van der Waals surface area contributed by atoms with Crippen molar-refractivity contribution in [3.63, 3.8) is 0 Å². The summed E-state index contributed by atoms with van der Waals surface area (Å²) in [7, 11) is 0. The third-order valence-electron chi connectivity index (χ3n) is 3.24. The number of alkyl halides is 3. The molecule has 2 aromatic rings. The first-order valence-corrected chi connectivity index (χ1v) is 7.22. The lowest BCUT2D eigenvalue weighted by atomic mass is 9.89. The molecule has 0 saturated heterocycles. The van der Waals surface area contributed by atoms with Crippen molar-refractivity contribution >= 4 is 34.8 Å². The van der Waals surface area contributed by atoms with E-state index in [1.54, 1.807) is 0 Å². The van der Waals surface area contributed by atoms with Crippen molar-refractivity contribution in [2.45, 2.75) is 23.6 Å². The van der Waals surface area contributed by atoms with E-state index < -0.39 is 3.79 Å². The zero-order chi connectivity index (χ0) is 14.0. The highest BCUT2D eigenvalue weighted by molar-refractivity contribution is 6.68. The van der Waals surface area contributed by atoms with Crippen LogP contribution in [0.25, 0.3) is 0 Å². The highest BCUT2D eigenvalue weighted by atomic mass is 35.6.